The molecule has 2 rings (SSSR count). The summed E-state index contributed by atoms with van der Waals surface area (Å²) in [5, 5.41) is 4.78. The zero-order valence-electron chi connectivity index (χ0n) is 15.1. The van der Waals surface area contributed by atoms with Crippen molar-refractivity contribution in [1.29, 1.82) is 0 Å². The normalized spacial score (nSPS) is 11.4. The predicted molar refractivity (Wildman–Crippen MR) is 98.2 cm³/mol. The Kier molecular flexibility index (Phi) is 7.05. The maximum atomic E-state index is 12.9. The highest BCUT2D eigenvalue weighted by molar-refractivity contribution is 6.09. The van der Waals surface area contributed by atoms with Gasteiger partial charge in [-0.2, -0.15) is 0 Å². The van der Waals surface area contributed by atoms with Gasteiger partial charge in [-0.25, -0.2) is 9.18 Å². The van der Waals surface area contributed by atoms with Crippen molar-refractivity contribution in [3.63, 3.8) is 0 Å². The number of ether oxygens (including phenoxy) is 1. The quantitative estimate of drug-likeness (QED) is 0.732. The average Bonchev–Trinajstić information content (AvgIpc) is 2.66. The highest BCUT2D eigenvalue weighted by atomic mass is 19.1. The van der Waals surface area contributed by atoms with Gasteiger partial charge in [0.2, 0.25) is 0 Å². The van der Waals surface area contributed by atoms with Crippen LogP contribution < -0.4 is 15.4 Å². The number of ketones is 1. The molecular formula is C20H21FN2O4. The van der Waals surface area contributed by atoms with Gasteiger partial charge in [0.15, 0.2) is 12.4 Å². The Morgan fingerprint density at radius 1 is 1.00 bits per heavy atom. The SMILES string of the molecule is CC[C@H](C)NC(=O)NC(=O)COc1ccc(C(=O)c2ccc(F)cc2)cc1. The van der Waals surface area contributed by atoms with Crippen LogP contribution in [-0.2, 0) is 4.79 Å². The van der Waals surface area contributed by atoms with Gasteiger partial charge in [0.1, 0.15) is 11.6 Å². The predicted octanol–water partition coefficient (Wildman–Crippen LogP) is 3.06. The number of benzene rings is 2. The zero-order chi connectivity index (χ0) is 19.8. The minimum atomic E-state index is -0.581. The van der Waals surface area contributed by atoms with Crippen molar-refractivity contribution in [2.75, 3.05) is 6.61 Å². The van der Waals surface area contributed by atoms with E-state index in [1.807, 2.05) is 13.8 Å². The van der Waals surface area contributed by atoms with E-state index < -0.39 is 17.8 Å². The second kappa shape index (κ2) is 9.47. The van der Waals surface area contributed by atoms with Gasteiger partial charge in [-0.1, -0.05) is 6.92 Å². The Bertz CT molecular complexity index is 804. The third kappa shape index (κ3) is 6.22. The Morgan fingerprint density at radius 3 is 2.11 bits per heavy atom. The van der Waals surface area contributed by atoms with Crippen LogP contribution in [0.5, 0.6) is 5.75 Å². The molecule has 0 aliphatic rings. The summed E-state index contributed by atoms with van der Waals surface area (Å²) in [5.41, 5.74) is 0.781. The van der Waals surface area contributed by atoms with Gasteiger partial charge in [0, 0.05) is 17.2 Å². The molecule has 0 saturated carbocycles. The summed E-state index contributed by atoms with van der Waals surface area (Å²) in [6, 6.07) is 10.9. The van der Waals surface area contributed by atoms with Gasteiger partial charge in [0.05, 0.1) is 0 Å². The molecule has 0 spiro atoms. The number of hydrogen-bond acceptors (Lipinski definition) is 4. The number of carbonyl (C=O) groups is 3. The van der Waals surface area contributed by atoms with Crippen LogP contribution in [0.4, 0.5) is 9.18 Å². The second-order valence-electron chi connectivity index (χ2n) is 5.98. The molecule has 0 fully saturated rings. The van der Waals surface area contributed by atoms with Gasteiger partial charge in [-0.05, 0) is 61.9 Å². The number of halogens is 1. The fourth-order valence-corrected chi connectivity index (χ4v) is 2.14. The topological polar surface area (TPSA) is 84.5 Å². The molecule has 2 N–H and O–H groups in total. The lowest BCUT2D eigenvalue weighted by molar-refractivity contribution is -0.122. The largest absolute Gasteiger partial charge is 0.484 e. The minimum absolute atomic E-state index is 0.0371. The molecule has 142 valence electrons. The molecule has 0 bridgehead atoms. The van der Waals surface area contributed by atoms with Gasteiger partial charge in [0.25, 0.3) is 5.91 Å². The van der Waals surface area contributed by atoms with E-state index in [1.165, 1.54) is 24.3 Å². The number of imide groups is 1. The van der Waals surface area contributed by atoms with E-state index in [0.717, 1.165) is 6.42 Å². The fourth-order valence-electron chi connectivity index (χ4n) is 2.14. The summed E-state index contributed by atoms with van der Waals surface area (Å²) in [5.74, 6) is -0.863. The molecule has 0 saturated heterocycles. The first-order chi connectivity index (χ1) is 12.9. The molecule has 0 aliphatic carbocycles. The Hall–Kier alpha value is -3.22. The van der Waals surface area contributed by atoms with E-state index in [2.05, 4.69) is 10.6 Å². The molecular weight excluding hydrogens is 351 g/mol. The number of carbonyl (C=O) groups excluding carboxylic acids is 3. The van der Waals surface area contributed by atoms with Crippen LogP contribution in [0.25, 0.3) is 0 Å². The summed E-state index contributed by atoms with van der Waals surface area (Å²) in [7, 11) is 0. The fraction of sp³-hybridized carbons (Fsp3) is 0.250. The first-order valence-electron chi connectivity index (χ1n) is 8.52. The van der Waals surface area contributed by atoms with Crippen molar-refractivity contribution in [2.45, 2.75) is 26.3 Å². The monoisotopic (exact) mass is 372 g/mol. The molecule has 7 heteroatoms. The minimum Gasteiger partial charge on any atom is -0.484 e. The van der Waals surface area contributed by atoms with Crippen molar-refractivity contribution in [2.24, 2.45) is 0 Å². The third-order valence-corrected chi connectivity index (χ3v) is 3.84. The first kappa shape index (κ1) is 20.1. The molecule has 2 aromatic rings. The van der Waals surface area contributed by atoms with Gasteiger partial charge in [-0.15, -0.1) is 0 Å². The van der Waals surface area contributed by atoms with Crippen molar-refractivity contribution in [1.82, 2.24) is 10.6 Å². The molecule has 2 aromatic carbocycles. The Balaban J connectivity index is 1.86. The summed E-state index contributed by atoms with van der Waals surface area (Å²) >= 11 is 0. The van der Waals surface area contributed by atoms with Crippen LogP contribution in [0.1, 0.15) is 36.2 Å². The number of nitrogens with one attached hydrogen (secondary N) is 2. The van der Waals surface area contributed by atoms with E-state index >= 15 is 0 Å². The number of urea groups is 1. The van der Waals surface area contributed by atoms with Crippen molar-refractivity contribution in [3.8, 4) is 5.75 Å². The van der Waals surface area contributed by atoms with Crippen LogP contribution in [-0.4, -0.2) is 30.4 Å². The lowest BCUT2D eigenvalue weighted by atomic mass is 10.0. The van der Waals surface area contributed by atoms with Crippen LogP contribution in [0, 0.1) is 5.82 Å². The molecule has 0 heterocycles. The molecule has 0 aliphatic heterocycles. The molecule has 6 nitrogen and oxygen atoms in total. The summed E-state index contributed by atoms with van der Waals surface area (Å²) in [4.78, 5) is 35.5. The van der Waals surface area contributed by atoms with E-state index in [9.17, 15) is 18.8 Å². The molecule has 3 amide bonds. The Morgan fingerprint density at radius 2 is 1.56 bits per heavy atom. The van der Waals surface area contributed by atoms with Crippen LogP contribution in [0.2, 0.25) is 0 Å². The van der Waals surface area contributed by atoms with Crippen LogP contribution in [0.3, 0.4) is 0 Å². The maximum Gasteiger partial charge on any atom is 0.321 e. The van der Waals surface area contributed by atoms with E-state index in [1.54, 1.807) is 24.3 Å². The Labute approximate surface area is 156 Å². The van der Waals surface area contributed by atoms with Crippen molar-refractivity contribution < 1.29 is 23.5 Å². The van der Waals surface area contributed by atoms with E-state index in [0.29, 0.717) is 16.9 Å². The maximum absolute atomic E-state index is 12.9. The van der Waals surface area contributed by atoms with Crippen LogP contribution >= 0.6 is 0 Å². The highest BCUT2D eigenvalue weighted by Crippen LogP contribution is 2.16. The van der Waals surface area contributed by atoms with E-state index in [4.69, 9.17) is 4.74 Å². The highest BCUT2D eigenvalue weighted by Gasteiger charge is 2.12. The second-order valence-corrected chi connectivity index (χ2v) is 5.98. The third-order valence-electron chi connectivity index (χ3n) is 3.84. The standard InChI is InChI=1S/C20H21FN2O4/c1-3-13(2)22-20(26)23-18(24)12-27-17-10-6-15(7-11-17)19(25)14-4-8-16(21)9-5-14/h4-11,13H,3,12H2,1-2H3,(H2,22,23,24,26)/t13-/m0/s1. The lowest BCUT2D eigenvalue weighted by Gasteiger charge is -2.12. The lowest BCUT2D eigenvalue weighted by Crippen LogP contribution is -2.44. The number of hydrogen-bond donors (Lipinski definition) is 2. The zero-order valence-corrected chi connectivity index (χ0v) is 15.1. The summed E-state index contributed by atoms with van der Waals surface area (Å²) < 4.78 is 18.2. The smallest absolute Gasteiger partial charge is 0.321 e. The molecule has 27 heavy (non-hydrogen) atoms. The van der Waals surface area contributed by atoms with Gasteiger partial charge < -0.3 is 10.1 Å². The summed E-state index contributed by atoms with van der Waals surface area (Å²) in [6.45, 7) is 3.41. The molecule has 1 atom stereocenters. The molecule has 0 aromatic heterocycles. The van der Waals surface area contributed by atoms with Gasteiger partial charge >= 0.3 is 6.03 Å². The number of rotatable bonds is 7. The average molecular weight is 372 g/mol. The van der Waals surface area contributed by atoms with E-state index in [-0.39, 0.29) is 18.4 Å². The summed E-state index contributed by atoms with van der Waals surface area (Å²) in [6.07, 6.45) is 0.751. The van der Waals surface area contributed by atoms with Crippen molar-refractivity contribution >= 4 is 17.7 Å². The van der Waals surface area contributed by atoms with Gasteiger partial charge in [-0.3, -0.25) is 14.9 Å². The first-order valence-corrected chi connectivity index (χ1v) is 8.52. The molecule has 0 unspecified atom stereocenters. The number of amides is 3. The van der Waals surface area contributed by atoms with Crippen LogP contribution in [0.15, 0.2) is 48.5 Å². The molecule has 0 radical (unpaired) electrons. The van der Waals surface area contributed by atoms with Crippen molar-refractivity contribution in [3.05, 3.63) is 65.5 Å².